The SMILES string of the molecule is NC1CCC(N)C1.NC1CCC(N)C1.NC1CCCC1N. The van der Waals surface area contributed by atoms with Gasteiger partial charge in [0.05, 0.1) is 0 Å². The van der Waals surface area contributed by atoms with E-state index in [0.717, 1.165) is 51.4 Å². The van der Waals surface area contributed by atoms with Gasteiger partial charge >= 0.3 is 0 Å². The van der Waals surface area contributed by atoms with Crippen molar-refractivity contribution in [3.63, 3.8) is 0 Å². The Hall–Kier alpha value is -0.240. The van der Waals surface area contributed by atoms with Crippen LogP contribution < -0.4 is 34.4 Å². The first-order chi connectivity index (χ1) is 9.88. The Bertz CT molecular complexity index is 233. The van der Waals surface area contributed by atoms with Gasteiger partial charge in [-0.05, 0) is 51.4 Å². The van der Waals surface area contributed by atoms with Crippen molar-refractivity contribution in [2.45, 2.75) is 94.0 Å². The fourth-order valence-corrected chi connectivity index (χ4v) is 3.12. The van der Waals surface area contributed by atoms with Crippen LogP contribution in [-0.2, 0) is 0 Å². The fraction of sp³-hybridized carbons (Fsp3) is 1.00. The van der Waals surface area contributed by atoms with Gasteiger partial charge in [-0.3, -0.25) is 0 Å². The molecular weight excluding hydrogens is 264 g/mol. The Morgan fingerprint density at radius 1 is 0.429 bits per heavy atom. The molecule has 6 atom stereocenters. The standard InChI is InChI=1S/3C5H12N2/c2*6-4-1-2-5(7)3-4;6-4-2-1-3-5(4)7/h3*4-5H,1-3,6-7H2. The van der Waals surface area contributed by atoms with Crippen molar-refractivity contribution in [1.29, 1.82) is 0 Å². The Kier molecular flexibility index (Phi) is 8.70. The lowest BCUT2D eigenvalue weighted by atomic mass is 10.2. The third-order valence-electron chi connectivity index (χ3n) is 4.65. The second-order valence-electron chi connectivity index (χ2n) is 6.93. The molecule has 12 N–H and O–H groups in total. The molecule has 21 heavy (non-hydrogen) atoms. The second-order valence-corrected chi connectivity index (χ2v) is 6.93. The number of hydrogen-bond acceptors (Lipinski definition) is 6. The van der Waals surface area contributed by atoms with E-state index in [9.17, 15) is 0 Å². The zero-order valence-corrected chi connectivity index (χ0v) is 13.3. The molecule has 0 aliphatic heterocycles. The molecule has 0 heterocycles. The van der Waals surface area contributed by atoms with Crippen LogP contribution in [0.3, 0.4) is 0 Å². The molecule has 0 aromatic rings. The van der Waals surface area contributed by atoms with Crippen molar-refractivity contribution in [2.24, 2.45) is 34.4 Å². The zero-order valence-electron chi connectivity index (χ0n) is 13.3. The molecule has 3 rings (SSSR count). The van der Waals surface area contributed by atoms with Gasteiger partial charge in [0.25, 0.3) is 0 Å². The van der Waals surface area contributed by atoms with E-state index >= 15 is 0 Å². The van der Waals surface area contributed by atoms with Crippen LogP contribution in [0.25, 0.3) is 0 Å². The maximum absolute atomic E-state index is 5.55. The van der Waals surface area contributed by atoms with Crippen molar-refractivity contribution in [2.75, 3.05) is 0 Å². The molecule has 126 valence electrons. The molecule has 0 bridgehead atoms. The molecule has 3 fully saturated rings. The van der Waals surface area contributed by atoms with Crippen LogP contribution >= 0.6 is 0 Å². The van der Waals surface area contributed by atoms with Crippen molar-refractivity contribution in [3.05, 3.63) is 0 Å². The summed E-state index contributed by atoms with van der Waals surface area (Å²) >= 11 is 0. The smallest absolute Gasteiger partial charge is 0.0192 e. The van der Waals surface area contributed by atoms with Crippen LogP contribution in [0.5, 0.6) is 0 Å². The van der Waals surface area contributed by atoms with Crippen molar-refractivity contribution < 1.29 is 0 Å². The highest BCUT2D eigenvalue weighted by Gasteiger charge is 2.19. The van der Waals surface area contributed by atoms with Gasteiger partial charge in [-0.1, -0.05) is 6.42 Å². The van der Waals surface area contributed by atoms with Crippen LogP contribution in [0.1, 0.15) is 57.8 Å². The lowest BCUT2D eigenvalue weighted by Crippen LogP contribution is -2.35. The summed E-state index contributed by atoms with van der Waals surface area (Å²) in [5.74, 6) is 0. The molecule has 3 saturated carbocycles. The molecule has 6 nitrogen and oxygen atoms in total. The first-order valence-corrected chi connectivity index (χ1v) is 8.42. The van der Waals surface area contributed by atoms with E-state index in [2.05, 4.69) is 0 Å². The van der Waals surface area contributed by atoms with E-state index in [4.69, 9.17) is 34.4 Å². The van der Waals surface area contributed by atoms with Gasteiger partial charge in [0, 0.05) is 36.3 Å². The Balaban J connectivity index is 0.000000157. The molecule has 0 spiro atoms. The molecule has 3 aliphatic rings. The van der Waals surface area contributed by atoms with E-state index in [0.29, 0.717) is 36.3 Å². The van der Waals surface area contributed by atoms with Crippen LogP contribution in [0.4, 0.5) is 0 Å². The summed E-state index contributed by atoms with van der Waals surface area (Å²) in [6.07, 6.45) is 10.0. The predicted molar refractivity (Wildman–Crippen MR) is 89.4 cm³/mol. The van der Waals surface area contributed by atoms with E-state index in [1.807, 2.05) is 0 Å². The van der Waals surface area contributed by atoms with Gasteiger partial charge in [-0.2, -0.15) is 0 Å². The lowest BCUT2D eigenvalue weighted by molar-refractivity contribution is 0.603. The highest BCUT2D eigenvalue weighted by atomic mass is 14.8. The molecular formula is C15H36N6. The van der Waals surface area contributed by atoms with Crippen molar-refractivity contribution >= 4 is 0 Å². The van der Waals surface area contributed by atoms with Crippen LogP contribution in [-0.4, -0.2) is 36.3 Å². The first-order valence-electron chi connectivity index (χ1n) is 8.42. The van der Waals surface area contributed by atoms with E-state index in [1.165, 1.54) is 6.42 Å². The highest BCUT2D eigenvalue weighted by Crippen LogP contribution is 2.15. The topological polar surface area (TPSA) is 156 Å². The summed E-state index contributed by atoms with van der Waals surface area (Å²) in [4.78, 5) is 0. The van der Waals surface area contributed by atoms with Crippen LogP contribution in [0.2, 0.25) is 0 Å². The molecule has 6 unspecified atom stereocenters. The lowest BCUT2D eigenvalue weighted by Gasteiger charge is -2.05. The van der Waals surface area contributed by atoms with Gasteiger partial charge in [-0.15, -0.1) is 0 Å². The summed E-state index contributed by atoms with van der Waals surface area (Å²) < 4.78 is 0. The first kappa shape index (κ1) is 18.8. The molecule has 3 aliphatic carbocycles. The van der Waals surface area contributed by atoms with Gasteiger partial charge in [0.2, 0.25) is 0 Å². The van der Waals surface area contributed by atoms with E-state index < -0.39 is 0 Å². The summed E-state index contributed by atoms with van der Waals surface area (Å²) in [5, 5.41) is 0. The summed E-state index contributed by atoms with van der Waals surface area (Å²) in [6, 6.07) is 2.18. The highest BCUT2D eigenvalue weighted by molar-refractivity contribution is 4.82. The molecule has 0 radical (unpaired) electrons. The second kappa shape index (κ2) is 9.71. The fourth-order valence-electron chi connectivity index (χ4n) is 3.12. The van der Waals surface area contributed by atoms with Crippen molar-refractivity contribution in [3.8, 4) is 0 Å². The minimum atomic E-state index is 0.292. The third kappa shape index (κ3) is 8.09. The average molecular weight is 300 g/mol. The van der Waals surface area contributed by atoms with Gasteiger partial charge in [0.15, 0.2) is 0 Å². The monoisotopic (exact) mass is 300 g/mol. The Morgan fingerprint density at radius 3 is 0.810 bits per heavy atom. The Labute approximate surface area is 129 Å². The average Bonchev–Trinajstić information content (AvgIpc) is 3.08. The molecule has 0 saturated heterocycles. The van der Waals surface area contributed by atoms with Crippen molar-refractivity contribution in [1.82, 2.24) is 0 Å². The quantitative estimate of drug-likeness (QED) is 0.353. The normalized spacial score (nSPS) is 42.0. The summed E-state index contributed by atoms with van der Waals surface area (Å²) in [6.45, 7) is 0. The predicted octanol–water partition coefficient (Wildman–Crippen LogP) is -0.525. The van der Waals surface area contributed by atoms with E-state index in [-0.39, 0.29) is 0 Å². The summed E-state index contributed by atoms with van der Waals surface area (Å²) in [7, 11) is 0. The van der Waals surface area contributed by atoms with E-state index in [1.54, 1.807) is 0 Å². The van der Waals surface area contributed by atoms with Gasteiger partial charge in [-0.25, -0.2) is 0 Å². The van der Waals surface area contributed by atoms with Gasteiger partial charge in [0.1, 0.15) is 0 Å². The third-order valence-corrected chi connectivity index (χ3v) is 4.65. The maximum atomic E-state index is 5.55. The Morgan fingerprint density at radius 2 is 0.714 bits per heavy atom. The summed E-state index contributed by atoms with van der Waals surface area (Å²) in [5.41, 5.74) is 33.3. The minimum absolute atomic E-state index is 0.292. The largest absolute Gasteiger partial charge is 0.328 e. The number of rotatable bonds is 0. The molecule has 0 amide bonds. The maximum Gasteiger partial charge on any atom is 0.0192 e. The molecule has 0 aromatic heterocycles. The molecule has 6 heteroatoms. The number of hydrogen-bond donors (Lipinski definition) is 6. The minimum Gasteiger partial charge on any atom is -0.328 e. The van der Waals surface area contributed by atoms with Crippen LogP contribution in [0.15, 0.2) is 0 Å². The van der Waals surface area contributed by atoms with Crippen LogP contribution in [0, 0.1) is 0 Å². The molecule has 0 aromatic carbocycles. The zero-order chi connectivity index (χ0) is 15.8. The van der Waals surface area contributed by atoms with Gasteiger partial charge < -0.3 is 34.4 Å². The number of nitrogens with two attached hydrogens (primary N) is 6.